The molecule has 0 N–H and O–H groups in total. The summed E-state index contributed by atoms with van der Waals surface area (Å²) in [5, 5.41) is 0. The molecule has 0 radical (unpaired) electrons. The fourth-order valence-electron chi connectivity index (χ4n) is 4.57. The topological polar surface area (TPSA) is 120 Å². The molecular formula is C27H32F4N2O8S2. The fraction of sp³-hybridized carbons (Fsp3) is 0.519. The molecule has 0 aliphatic carbocycles. The van der Waals surface area contributed by atoms with E-state index in [0.717, 1.165) is 28.6 Å². The summed E-state index contributed by atoms with van der Waals surface area (Å²) in [6, 6.07) is 8.08. The zero-order valence-corrected chi connectivity index (χ0v) is 25.3. The van der Waals surface area contributed by atoms with Crippen molar-refractivity contribution in [1.82, 2.24) is 4.31 Å². The average molecular weight is 653 g/mol. The molecule has 16 heteroatoms. The summed E-state index contributed by atoms with van der Waals surface area (Å²) in [6.45, 7) is 3.49. The maximum atomic E-state index is 13.7. The summed E-state index contributed by atoms with van der Waals surface area (Å²) >= 11 is 0. The highest BCUT2D eigenvalue weighted by molar-refractivity contribution is 7.92. The molecule has 0 aromatic heterocycles. The van der Waals surface area contributed by atoms with E-state index in [-0.39, 0.29) is 66.4 Å². The molecule has 4 rings (SSSR count). The summed E-state index contributed by atoms with van der Waals surface area (Å²) in [4.78, 5) is 12.1. The predicted octanol–water partition coefficient (Wildman–Crippen LogP) is 3.65. The third-order valence-electron chi connectivity index (χ3n) is 7.05. The highest BCUT2D eigenvalue weighted by Gasteiger charge is 2.50. The van der Waals surface area contributed by atoms with Crippen LogP contribution in [0.25, 0.3) is 0 Å². The molecule has 238 valence electrons. The third kappa shape index (κ3) is 7.59. The minimum absolute atomic E-state index is 0.0224. The summed E-state index contributed by atoms with van der Waals surface area (Å²) in [5.41, 5.74) is -2.62. The molecule has 2 heterocycles. The Morgan fingerprint density at radius 2 is 1.72 bits per heavy atom. The molecule has 2 atom stereocenters. The van der Waals surface area contributed by atoms with Crippen molar-refractivity contribution in [3.05, 3.63) is 53.8 Å². The minimum Gasteiger partial charge on any atom is -0.486 e. The van der Waals surface area contributed by atoms with E-state index >= 15 is 0 Å². The Bertz CT molecular complexity index is 1550. The zero-order valence-electron chi connectivity index (χ0n) is 23.6. The van der Waals surface area contributed by atoms with Gasteiger partial charge in [-0.15, -0.1) is 0 Å². The van der Waals surface area contributed by atoms with Crippen LogP contribution in [0.5, 0.6) is 5.75 Å². The highest BCUT2D eigenvalue weighted by atomic mass is 32.2. The van der Waals surface area contributed by atoms with Crippen molar-refractivity contribution in [2.45, 2.75) is 62.5 Å². The van der Waals surface area contributed by atoms with E-state index in [1.807, 2.05) is 0 Å². The van der Waals surface area contributed by atoms with Gasteiger partial charge in [0.2, 0.25) is 15.6 Å². The number of halogens is 4. The largest absolute Gasteiger partial charge is 0.486 e. The number of ether oxygens (including phenoxy) is 3. The van der Waals surface area contributed by atoms with E-state index in [1.165, 1.54) is 22.5 Å². The van der Waals surface area contributed by atoms with Crippen LogP contribution in [0.2, 0.25) is 0 Å². The summed E-state index contributed by atoms with van der Waals surface area (Å²) < 4.78 is 125. The van der Waals surface area contributed by atoms with Crippen molar-refractivity contribution in [3.63, 3.8) is 0 Å². The number of hydrogen-bond donors (Lipinski definition) is 0. The number of anilines is 1. The van der Waals surface area contributed by atoms with Crippen molar-refractivity contribution in [2.75, 3.05) is 36.3 Å². The van der Waals surface area contributed by atoms with Crippen molar-refractivity contribution >= 4 is 31.7 Å². The number of carbonyl (C=O) groups is 1. The van der Waals surface area contributed by atoms with Gasteiger partial charge in [-0.05, 0) is 62.7 Å². The summed E-state index contributed by atoms with van der Waals surface area (Å²) in [5.74, 6) is -2.13. The molecule has 2 aromatic carbocycles. The molecule has 2 aliphatic rings. The fourth-order valence-corrected chi connectivity index (χ4v) is 7.68. The molecule has 10 nitrogen and oxygen atoms in total. The number of carbonyl (C=O) groups excluding carboxylic acids is 1. The van der Waals surface area contributed by atoms with Crippen LogP contribution >= 0.6 is 0 Å². The van der Waals surface area contributed by atoms with Gasteiger partial charge >= 0.3 is 12.1 Å². The Morgan fingerprint density at radius 3 is 2.35 bits per heavy atom. The molecule has 1 unspecified atom stereocenters. The van der Waals surface area contributed by atoms with E-state index in [4.69, 9.17) is 9.47 Å². The van der Waals surface area contributed by atoms with E-state index < -0.39 is 56.1 Å². The molecule has 1 saturated heterocycles. The van der Waals surface area contributed by atoms with Gasteiger partial charge in [-0.3, -0.25) is 9.10 Å². The number of rotatable bonds is 9. The molecule has 43 heavy (non-hydrogen) atoms. The van der Waals surface area contributed by atoms with Gasteiger partial charge in [-0.25, -0.2) is 21.2 Å². The summed E-state index contributed by atoms with van der Waals surface area (Å²) in [7, 11) is -8.07. The number of sulfonamides is 2. The van der Waals surface area contributed by atoms with E-state index in [0.29, 0.717) is 13.8 Å². The van der Waals surface area contributed by atoms with Crippen LogP contribution in [0.15, 0.2) is 47.4 Å². The van der Waals surface area contributed by atoms with Gasteiger partial charge in [-0.1, -0.05) is 6.07 Å². The van der Waals surface area contributed by atoms with Crippen LogP contribution in [0.1, 0.15) is 32.8 Å². The Balaban J connectivity index is 1.61. The van der Waals surface area contributed by atoms with Crippen molar-refractivity contribution < 1.29 is 53.4 Å². The van der Waals surface area contributed by atoms with Gasteiger partial charge < -0.3 is 14.2 Å². The molecule has 2 aliphatic heterocycles. The van der Waals surface area contributed by atoms with Crippen LogP contribution < -0.4 is 9.04 Å². The smallest absolute Gasteiger partial charge is 0.427 e. The lowest BCUT2D eigenvalue weighted by Gasteiger charge is -2.36. The molecule has 1 fully saturated rings. The second-order valence-electron chi connectivity index (χ2n) is 10.8. The van der Waals surface area contributed by atoms with Crippen LogP contribution in [-0.4, -0.2) is 83.1 Å². The number of hydrogen-bond acceptors (Lipinski definition) is 8. The zero-order chi connectivity index (χ0) is 31.8. The second-order valence-corrected chi connectivity index (χ2v) is 14.8. The van der Waals surface area contributed by atoms with Crippen molar-refractivity contribution in [2.24, 2.45) is 0 Å². The van der Waals surface area contributed by atoms with Crippen molar-refractivity contribution in [1.29, 1.82) is 0 Å². The van der Waals surface area contributed by atoms with Gasteiger partial charge in [-0.2, -0.15) is 17.5 Å². The maximum Gasteiger partial charge on any atom is 0.427 e. The van der Waals surface area contributed by atoms with Gasteiger partial charge in [0, 0.05) is 19.5 Å². The van der Waals surface area contributed by atoms with Gasteiger partial charge in [0.25, 0.3) is 10.0 Å². The number of morpholine rings is 1. The number of benzene rings is 2. The maximum absolute atomic E-state index is 13.7. The first-order chi connectivity index (χ1) is 19.9. The number of esters is 1. The number of fused-ring (bicyclic) bond motifs is 1. The quantitative estimate of drug-likeness (QED) is 0.298. The molecule has 0 spiro atoms. The van der Waals surface area contributed by atoms with Gasteiger partial charge in [0.15, 0.2) is 0 Å². The highest BCUT2D eigenvalue weighted by Crippen LogP contribution is 2.39. The Hall–Kier alpha value is -2.95. The van der Waals surface area contributed by atoms with Gasteiger partial charge in [0.05, 0.1) is 42.0 Å². The Labute approximate surface area is 247 Å². The lowest BCUT2D eigenvalue weighted by molar-refractivity contribution is -0.257. The van der Waals surface area contributed by atoms with Crippen molar-refractivity contribution in [3.8, 4) is 5.75 Å². The van der Waals surface area contributed by atoms with E-state index in [2.05, 4.69) is 4.74 Å². The predicted molar refractivity (Wildman–Crippen MR) is 147 cm³/mol. The second kappa shape index (κ2) is 12.2. The van der Waals surface area contributed by atoms with E-state index in [9.17, 15) is 39.2 Å². The molecule has 0 amide bonds. The first-order valence-electron chi connectivity index (χ1n) is 13.3. The molecular weight excluding hydrogens is 620 g/mol. The Morgan fingerprint density at radius 1 is 1.05 bits per heavy atom. The van der Waals surface area contributed by atoms with Crippen LogP contribution in [0.4, 0.5) is 23.2 Å². The van der Waals surface area contributed by atoms with Crippen LogP contribution in [0, 0.1) is 5.82 Å². The van der Waals surface area contributed by atoms with E-state index in [1.54, 1.807) is 6.92 Å². The van der Waals surface area contributed by atoms with Gasteiger partial charge in [0.1, 0.15) is 17.7 Å². The first-order valence-corrected chi connectivity index (χ1v) is 16.4. The number of alkyl halides is 3. The SMILES string of the molecule is CC1CN(S(=O)(=O)CC[C@H]2CN(S(=O)(=O)c3ccc(F)cc3)c3cc(CC(=O)OC(C)(C)C(F)(F)F)ccc3O2)CCO1. The normalized spacial score (nSPS) is 20.3. The monoisotopic (exact) mass is 652 g/mol. The molecule has 2 aromatic rings. The lowest BCUT2D eigenvalue weighted by atomic mass is 10.1. The third-order valence-corrected chi connectivity index (χ3v) is 10.7. The summed E-state index contributed by atoms with van der Waals surface area (Å²) in [6.07, 6.45) is -6.65. The standard InChI is InChI=1S/C27H32F4N2O8S2/c1-18-16-32(11-12-39-18)42(35,36)13-10-21-17-33(43(37,38)22-7-5-20(28)6-8-22)23-14-19(4-9-24(23)40-21)15-25(34)41-26(2,3)27(29,30)31/h4-9,14,18,21H,10-13,15-17H2,1-3H3/t18?,21-/m0/s1. The molecule has 0 saturated carbocycles. The lowest BCUT2D eigenvalue weighted by Crippen LogP contribution is -2.47. The average Bonchev–Trinajstić information content (AvgIpc) is 2.91. The minimum atomic E-state index is -4.81. The molecule has 0 bridgehead atoms. The Kier molecular flexibility index (Phi) is 9.36. The van der Waals surface area contributed by atoms with Crippen LogP contribution in [-0.2, 0) is 40.7 Å². The first kappa shape index (κ1) is 33.0. The number of nitrogens with zero attached hydrogens (tertiary/aromatic N) is 2. The van der Waals surface area contributed by atoms with Crippen LogP contribution in [0.3, 0.4) is 0 Å².